The van der Waals surface area contributed by atoms with Crippen LogP contribution < -0.4 is 26.5 Å². The molecule has 300 valence electrons. The lowest BCUT2D eigenvalue weighted by molar-refractivity contribution is -0.137. The molecule has 0 saturated carbocycles. The lowest BCUT2D eigenvalue weighted by Gasteiger charge is -2.38. The van der Waals surface area contributed by atoms with E-state index in [-0.39, 0.29) is 23.4 Å². The van der Waals surface area contributed by atoms with Gasteiger partial charge < -0.3 is 25.8 Å². The number of nitrogens with zero attached hydrogens (tertiary/aromatic N) is 8. The third-order valence-corrected chi connectivity index (χ3v) is 12.6. The first-order valence-corrected chi connectivity index (χ1v) is 20.6. The molecule has 6 aromatic rings. The van der Waals surface area contributed by atoms with Gasteiger partial charge in [-0.15, -0.1) is 0 Å². The third kappa shape index (κ3) is 6.94. The van der Waals surface area contributed by atoms with E-state index in [9.17, 15) is 14.4 Å². The van der Waals surface area contributed by atoms with Crippen molar-refractivity contribution in [3.05, 3.63) is 94.0 Å². The van der Waals surface area contributed by atoms with E-state index in [0.717, 1.165) is 114 Å². The van der Waals surface area contributed by atoms with Crippen LogP contribution in [-0.2, 0) is 23.7 Å². The van der Waals surface area contributed by atoms with Crippen LogP contribution in [0.2, 0.25) is 0 Å². The summed E-state index contributed by atoms with van der Waals surface area (Å²) in [6.45, 7) is 7.92. The van der Waals surface area contributed by atoms with Gasteiger partial charge in [-0.3, -0.25) is 18.7 Å². The molecular weight excluding hydrogens is 731 g/mol. The van der Waals surface area contributed by atoms with Crippen LogP contribution >= 0.6 is 0 Å². The molecule has 0 radical (unpaired) electrons. The Hall–Kier alpha value is -6.18. The summed E-state index contributed by atoms with van der Waals surface area (Å²) >= 11 is 0. The van der Waals surface area contributed by atoms with Crippen molar-refractivity contribution in [3.8, 4) is 0 Å². The van der Waals surface area contributed by atoms with Crippen LogP contribution in [0.15, 0.2) is 71.7 Å². The van der Waals surface area contributed by atoms with Gasteiger partial charge in [0, 0.05) is 76.0 Å². The van der Waals surface area contributed by atoms with Gasteiger partial charge in [-0.1, -0.05) is 30.3 Å². The smallest absolute Gasteiger partial charge is 0.329 e. The number of anilines is 5. The Labute approximate surface area is 337 Å². The average Bonchev–Trinajstić information content (AvgIpc) is 3.69. The zero-order valence-corrected chi connectivity index (χ0v) is 33.7. The molecule has 2 amide bonds. The maximum absolute atomic E-state index is 13.7. The first kappa shape index (κ1) is 37.4. The van der Waals surface area contributed by atoms with E-state index in [1.54, 1.807) is 20.9 Å². The number of piperidine rings is 3. The number of aromatic nitrogens is 6. The van der Waals surface area contributed by atoms with Gasteiger partial charge in [0.1, 0.15) is 6.04 Å². The van der Waals surface area contributed by atoms with Crippen LogP contribution in [0.1, 0.15) is 67.2 Å². The van der Waals surface area contributed by atoms with E-state index >= 15 is 0 Å². The van der Waals surface area contributed by atoms with Crippen molar-refractivity contribution in [1.82, 2.24) is 39.1 Å². The molecule has 9 rings (SSSR count). The minimum Gasteiger partial charge on any atom is -0.371 e. The fourth-order valence-electron chi connectivity index (χ4n) is 9.22. The van der Waals surface area contributed by atoms with Crippen molar-refractivity contribution in [2.45, 2.75) is 64.3 Å². The number of nitrogens with one attached hydrogen (secondary N) is 3. The Balaban J connectivity index is 0.776. The zero-order chi connectivity index (χ0) is 40.1. The number of benzene rings is 3. The van der Waals surface area contributed by atoms with Gasteiger partial charge in [0.05, 0.1) is 16.4 Å². The summed E-state index contributed by atoms with van der Waals surface area (Å²) in [6.07, 6.45) is 6.81. The van der Waals surface area contributed by atoms with Crippen molar-refractivity contribution >= 4 is 62.7 Å². The molecule has 3 aromatic carbocycles. The molecular formula is C44H51N11O3. The molecule has 3 aliphatic heterocycles. The Morgan fingerprint density at radius 3 is 2.31 bits per heavy atom. The Morgan fingerprint density at radius 1 is 0.845 bits per heavy atom. The van der Waals surface area contributed by atoms with E-state index in [1.165, 1.54) is 5.56 Å². The highest BCUT2D eigenvalue weighted by Crippen LogP contribution is 2.34. The van der Waals surface area contributed by atoms with Crippen LogP contribution in [0.5, 0.6) is 0 Å². The summed E-state index contributed by atoms with van der Waals surface area (Å²) in [5, 5.41) is 15.3. The van der Waals surface area contributed by atoms with Crippen LogP contribution in [0, 0.1) is 19.8 Å². The van der Waals surface area contributed by atoms with Crippen molar-refractivity contribution in [1.29, 1.82) is 0 Å². The van der Waals surface area contributed by atoms with Crippen LogP contribution in [-0.4, -0.2) is 78.3 Å². The van der Waals surface area contributed by atoms with Gasteiger partial charge in [-0.25, -0.2) is 14.5 Å². The molecule has 58 heavy (non-hydrogen) atoms. The van der Waals surface area contributed by atoms with E-state index in [4.69, 9.17) is 10.1 Å². The fraction of sp³-hybridized carbons (Fsp3) is 0.409. The maximum atomic E-state index is 13.7. The lowest BCUT2D eigenvalue weighted by Crippen LogP contribution is -2.45. The number of hydrogen-bond donors (Lipinski definition) is 3. The highest BCUT2D eigenvalue weighted by atomic mass is 16.2. The topological polar surface area (TPSA) is 147 Å². The van der Waals surface area contributed by atoms with Crippen molar-refractivity contribution in [3.63, 3.8) is 0 Å². The summed E-state index contributed by atoms with van der Waals surface area (Å²) in [5.41, 5.74) is 8.75. The number of carbonyl (C=O) groups is 2. The van der Waals surface area contributed by atoms with Gasteiger partial charge in [0.25, 0.3) is 0 Å². The van der Waals surface area contributed by atoms with E-state index < -0.39 is 6.04 Å². The lowest BCUT2D eigenvalue weighted by atomic mass is 9.88. The molecule has 14 nitrogen and oxygen atoms in total. The van der Waals surface area contributed by atoms with Crippen molar-refractivity contribution < 1.29 is 9.59 Å². The van der Waals surface area contributed by atoms with Gasteiger partial charge in [0.15, 0.2) is 11.5 Å². The van der Waals surface area contributed by atoms with Gasteiger partial charge >= 0.3 is 5.69 Å². The van der Waals surface area contributed by atoms with Gasteiger partial charge in [0.2, 0.25) is 17.8 Å². The van der Waals surface area contributed by atoms with E-state index in [0.29, 0.717) is 24.8 Å². The molecule has 3 aromatic heterocycles. The van der Waals surface area contributed by atoms with Crippen molar-refractivity contribution in [2.24, 2.45) is 20.0 Å². The highest BCUT2D eigenvalue weighted by Gasteiger charge is 2.32. The molecule has 0 bridgehead atoms. The number of likely N-dealkylation sites (tertiary alicyclic amines) is 1. The molecule has 3 N–H and O–H groups in total. The minimum absolute atomic E-state index is 0.0186. The molecule has 1 unspecified atom stereocenters. The van der Waals surface area contributed by atoms with E-state index in [1.807, 2.05) is 25.4 Å². The SMILES string of the molecule is Cc1cccc(C)c1Nc1nn(C)c2nc(Nc3ccc(C4CCN(C(=O)C5CCN(c6ccc7c(c6)n(C)c(=O)n7C6CCCNC6=O)CC5)CC4)cc3)ncc12. The summed E-state index contributed by atoms with van der Waals surface area (Å²) in [6, 6.07) is 20.3. The first-order chi connectivity index (χ1) is 28.1. The van der Waals surface area contributed by atoms with Crippen LogP contribution in [0.4, 0.5) is 28.8 Å². The minimum atomic E-state index is -0.478. The summed E-state index contributed by atoms with van der Waals surface area (Å²) in [4.78, 5) is 53.3. The monoisotopic (exact) mass is 781 g/mol. The molecule has 3 saturated heterocycles. The normalized spacial score (nSPS) is 18.2. The Bertz CT molecular complexity index is 2550. The largest absolute Gasteiger partial charge is 0.371 e. The average molecular weight is 782 g/mol. The number of imidazole rings is 1. The second-order valence-corrected chi connectivity index (χ2v) is 16.2. The fourth-order valence-corrected chi connectivity index (χ4v) is 9.22. The highest BCUT2D eigenvalue weighted by molar-refractivity contribution is 5.90. The standard InChI is InChI=1S/C44H51N11O3/c1-27-7-5-8-28(2)38(27)48-39-34-26-46-43(49-40(34)52(4)50-39)47-32-12-10-29(11-13-32)30-16-23-54(24-17-30)42(57)31-18-21-53(22-19-31)33-14-15-35-37(25-33)51(3)44(58)55(35)36-9-6-20-45-41(36)56/h5,7-8,10-15,25-26,30-31,36H,6,9,16-24H2,1-4H3,(H,45,56)(H,48,50)(H,46,47,49). The molecule has 3 aliphatic rings. The number of carbonyl (C=O) groups excluding carboxylic acids is 2. The molecule has 1 atom stereocenters. The maximum Gasteiger partial charge on any atom is 0.329 e. The number of rotatable bonds is 8. The molecule has 6 heterocycles. The molecule has 0 spiro atoms. The van der Waals surface area contributed by atoms with Gasteiger partial charge in [-0.05, 0) is 105 Å². The number of amides is 2. The summed E-state index contributed by atoms with van der Waals surface area (Å²) < 4.78 is 5.07. The Morgan fingerprint density at radius 2 is 1.59 bits per heavy atom. The van der Waals surface area contributed by atoms with Crippen molar-refractivity contribution in [2.75, 3.05) is 48.3 Å². The quantitative estimate of drug-likeness (QED) is 0.164. The molecule has 14 heteroatoms. The Kier molecular flexibility index (Phi) is 9.86. The zero-order valence-electron chi connectivity index (χ0n) is 33.7. The van der Waals surface area contributed by atoms with Crippen LogP contribution in [0.25, 0.3) is 22.1 Å². The number of aryl methyl sites for hydroxylation is 4. The summed E-state index contributed by atoms with van der Waals surface area (Å²) in [5.74, 6) is 1.84. The molecule has 3 fully saturated rings. The summed E-state index contributed by atoms with van der Waals surface area (Å²) in [7, 11) is 3.66. The number of fused-ring (bicyclic) bond motifs is 2. The van der Waals surface area contributed by atoms with E-state index in [2.05, 4.69) is 93.1 Å². The second kappa shape index (κ2) is 15.3. The van der Waals surface area contributed by atoms with Crippen LogP contribution in [0.3, 0.4) is 0 Å². The predicted molar refractivity (Wildman–Crippen MR) is 227 cm³/mol. The second-order valence-electron chi connectivity index (χ2n) is 16.2. The third-order valence-electron chi connectivity index (χ3n) is 12.6. The van der Waals surface area contributed by atoms with Gasteiger partial charge in [-0.2, -0.15) is 10.1 Å². The first-order valence-electron chi connectivity index (χ1n) is 20.6. The molecule has 0 aliphatic carbocycles. The predicted octanol–water partition coefficient (Wildman–Crippen LogP) is 6.19. The number of para-hydroxylation sites is 1. The number of hydrogen-bond acceptors (Lipinski definition) is 9.